The first-order chi connectivity index (χ1) is 11.1. The van der Waals surface area contributed by atoms with Crippen LogP contribution in [0, 0.1) is 18.8 Å². The highest BCUT2D eigenvalue weighted by molar-refractivity contribution is 5.95. The molecule has 2 heterocycles. The monoisotopic (exact) mass is 315 g/mol. The van der Waals surface area contributed by atoms with E-state index in [1.807, 2.05) is 19.1 Å². The molecule has 1 aromatic rings. The summed E-state index contributed by atoms with van der Waals surface area (Å²) >= 11 is 0. The van der Waals surface area contributed by atoms with Crippen molar-refractivity contribution in [3.8, 4) is 0 Å². The fourth-order valence-electron chi connectivity index (χ4n) is 3.62. The van der Waals surface area contributed by atoms with E-state index in [0.29, 0.717) is 12.0 Å². The molecule has 23 heavy (non-hydrogen) atoms. The lowest BCUT2D eigenvalue weighted by atomic mass is 10.0. The summed E-state index contributed by atoms with van der Waals surface area (Å²) in [5, 5.41) is 0. The van der Waals surface area contributed by atoms with Crippen molar-refractivity contribution in [2.24, 2.45) is 11.8 Å². The second-order valence-corrected chi connectivity index (χ2v) is 7.49. The summed E-state index contributed by atoms with van der Waals surface area (Å²) in [7, 11) is 0. The van der Waals surface area contributed by atoms with Crippen LogP contribution in [-0.2, 0) is 0 Å². The van der Waals surface area contributed by atoms with Gasteiger partial charge in [-0.15, -0.1) is 0 Å². The van der Waals surface area contributed by atoms with E-state index in [1.165, 1.54) is 19.4 Å². The Bertz CT molecular complexity index is 553. The van der Waals surface area contributed by atoms with Gasteiger partial charge in [-0.3, -0.25) is 14.7 Å². The third-order valence-corrected chi connectivity index (χ3v) is 5.23. The number of nitrogens with zero attached hydrogens (tertiary/aromatic N) is 3. The van der Waals surface area contributed by atoms with Gasteiger partial charge in [0.25, 0.3) is 5.91 Å². The Morgan fingerprint density at radius 1 is 1.35 bits per heavy atom. The first kappa shape index (κ1) is 16.4. The second-order valence-electron chi connectivity index (χ2n) is 7.49. The van der Waals surface area contributed by atoms with Crippen LogP contribution in [0.4, 0.5) is 0 Å². The Morgan fingerprint density at radius 2 is 2.13 bits per heavy atom. The van der Waals surface area contributed by atoms with Crippen molar-refractivity contribution < 1.29 is 4.79 Å². The standard InChI is InChI=1S/C19H29N3O/c1-14(2)18-13-22(11-5-10-21(18)12-16-7-8-16)19(23)17-6-4-9-20-15(17)3/h4,6,9,14,16,18H,5,7-8,10-13H2,1-3H3. The van der Waals surface area contributed by atoms with E-state index in [4.69, 9.17) is 0 Å². The largest absolute Gasteiger partial charge is 0.337 e. The van der Waals surface area contributed by atoms with E-state index in [-0.39, 0.29) is 5.91 Å². The molecule has 4 nitrogen and oxygen atoms in total. The number of hydrogen-bond donors (Lipinski definition) is 0. The number of carbonyl (C=O) groups excluding carboxylic acids is 1. The Hall–Kier alpha value is -1.42. The predicted octanol–water partition coefficient (Wildman–Crippen LogP) is 2.97. The summed E-state index contributed by atoms with van der Waals surface area (Å²) in [6.07, 6.45) is 5.60. The van der Waals surface area contributed by atoms with Crippen molar-refractivity contribution in [1.29, 1.82) is 0 Å². The van der Waals surface area contributed by atoms with Gasteiger partial charge in [0.1, 0.15) is 0 Å². The van der Waals surface area contributed by atoms with Crippen molar-refractivity contribution in [1.82, 2.24) is 14.8 Å². The molecule has 1 amide bonds. The number of rotatable bonds is 4. The van der Waals surface area contributed by atoms with Crippen molar-refractivity contribution in [3.63, 3.8) is 0 Å². The Kier molecular flexibility index (Phi) is 5.00. The van der Waals surface area contributed by atoms with E-state index in [9.17, 15) is 4.79 Å². The molecule has 0 radical (unpaired) electrons. The zero-order chi connectivity index (χ0) is 16.4. The molecule has 1 atom stereocenters. The topological polar surface area (TPSA) is 36.4 Å². The molecule has 3 rings (SSSR count). The molecule has 1 saturated carbocycles. The van der Waals surface area contributed by atoms with Gasteiger partial charge < -0.3 is 4.90 Å². The predicted molar refractivity (Wildman–Crippen MR) is 92.4 cm³/mol. The highest BCUT2D eigenvalue weighted by Crippen LogP contribution is 2.32. The highest BCUT2D eigenvalue weighted by atomic mass is 16.2. The molecule has 1 unspecified atom stereocenters. The molecule has 4 heteroatoms. The minimum absolute atomic E-state index is 0.148. The van der Waals surface area contributed by atoms with Crippen LogP contribution >= 0.6 is 0 Å². The van der Waals surface area contributed by atoms with Gasteiger partial charge in [0.05, 0.1) is 5.56 Å². The molecule has 1 aliphatic heterocycles. The number of aromatic nitrogens is 1. The summed E-state index contributed by atoms with van der Waals surface area (Å²) in [6.45, 7) is 10.5. The highest BCUT2D eigenvalue weighted by Gasteiger charge is 2.33. The molecule has 1 aromatic heterocycles. The van der Waals surface area contributed by atoms with Crippen LogP contribution < -0.4 is 0 Å². The average molecular weight is 315 g/mol. The van der Waals surface area contributed by atoms with Gasteiger partial charge in [-0.1, -0.05) is 13.8 Å². The molecular weight excluding hydrogens is 286 g/mol. The summed E-state index contributed by atoms with van der Waals surface area (Å²) in [6, 6.07) is 4.23. The second kappa shape index (κ2) is 7.00. The smallest absolute Gasteiger partial charge is 0.255 e. The summed E-state index contributed by atoms with van der Waals surface area (Å²) in [5.41, 5.74) is 1.59. The lowest BCUT2D eigenvalue weighted by Gasteiger charge is -2.34. The molecule has 2 aliphatic rings. The first-order valence-corrected chi connectivity index (χ1v) is 9.01. The van der Waals surface area contributed by atoms with Crippen LogP contribution in [0.1, 0.15) is 49.2 Å². The zero-order valence-corrected chi connectivity index (χ0v) is 14.7. The lowest BCUT2D eigenvalue weighted by Crippen LogP contribution is -2.46. The van der Waals surface area contributed by atoms with Crippen molar-refractivity contribution in [3.05, 3.63) is 29.6 Å². The van der Waals surface area contributed by atoms with Crippen molar-refractivity contribution in [2.75, 3.05) is 26.2 Å². The average Bonchev–Trinajstić information content (AvgIpc) is 3.34. The van der Waals surface area contributed by atoms with Crippen LogP contribution in [-0.4, -0.2) is 52.9 Å². The summed E-state index contributed by atoms with van der Waals surface area (Å²) in [4.78, 5) is 21.9. The van der Waals surface area contributed by atoms with Crippen LogP contribution in [0.3, 0.4) is 0 Å². The SMILES string of the molecule is Cc1ncccc1C(=O)N1CCCN(CC2CC2)C(C(C)C)C1. The first-order valence-electron chi connectivity index (χ1n) is 9.01. The lowest BCUT2D eigenvalue weighted by molar-refractivity contribution is 0.0703. The fourth-order valence-corrected chi connectivity index (χ4v) is 3.62. The maximum atomic E-state index is 13.0. The fraction of sp³-hybridized carbons (Fsp3) is 0.684. The quantitative estimate of drug-likeness (QED) is 0.857. The summed E-state index contributed by atoms with van der Waals surface area (Å²) in [5.74, 6) is 1.62. The van der Waals surface area contributed by atoms with E-state index >= 15 is 0 Å². The van der Waals surface area contributed by atoms with Crippen LogP contribution in [0.15, 0.2) is 18.3 Å². The number of hydrogen-bond acceptors (Lipinski definition) is 3. The normalized spacial score (nSPS) is 23.1. The Balaban J connectivity index is 1.75. The van der Waals surface area contributed by atoms with Gasteiger partial charge in [0.15, 0.2) is 0 Å². The minimum Gasteiger partial charge on any atom is -0.337 e. The van der Waals surface area contributed by atoms with Crippen LogP contribution in [0.2, 0.25) is 0 Å². The third kappa shape index (κ3) is 3.92. The third-order valence-electron chi connectivity index (χ3n) is 5.23. The molecule has 0 aromatic carbocycles. The van der Waals surface area contributed by atoms with E-state index in [0.717, 1.165) is 43.2 Å². The Morgan fingerprint density at radius 3 is 2.78 bits per heavy atom. The van der Waals surface area contributed by atoms with Gasteiger partial charge in [-0.2, -0.15) is 0 Å². The molecule has 126 valence electrons. The van der Waals surface area contributed by atoms with Crippen molar-refractivity contribution in [2.45, 2.75) is 46.1 Å². The number of pyridine rings is 1. The maximum Gasteiger partial charge on any atom is 0.255 e. The molecule has 2 fully saturated rings. The molecule has 1 saturated heterocycles. The Labute approximate surface area is 139 Å². The van der Waals surface area contributed by atoms with Crippen LogP contribution in [0.5, 0.6) is 0 Å². The van der Waals surface area contributed by atoms with Crippen molar-refractivity contribution >= 4 is 5.91 Å². The van der Waals surface area contributed by atoms with Gasteiger partial charge >= 0.3 is 0 Å². The number of amides is 1. The molecule has 0 spiro atoms. The molecule has 0 bridgehead atoms. The minimum atomic E-state index is 0.148. The van der Waals surface area contributed by atoms with Gasteiger partial charge in [0, 0.05) is 44.1 Å². The molecule has 1 aliphatic carbocycles. The zero-order valence-electron chi connectivity index (χ0n) is 14.7. The number of carbonyl (C=O) groups is 1. The number of aryl methyl sites for hydroxylation is 1. The van der Waals surface area contributed by atoms with E-state index in [1.54, 1.807) is 6.20 Å². The van der Waals surface area contributed by atoms with E-state index in [2.05, 4.69) is 28.6 Å². The van der Waals surface area contributed by atoms with E-state index < -0.39 is 0 Å². The van der Waals surface area contributed by atoms with Gasteiger partial charge in [-0.25, -0.2) is 0 Å². The molecular formula is C19H29N3O. The van der Waals surface area contributed by atoms with Gasteiger partial charge in [-0.05, 0) is 50.2 Å². The molecule has 0 N–H and O–H groups in total. The maximum absolute atomic E-state index is 13.0. The van der Waals surface area contributed by atoms with Gasteiger partial charge in [0.2, 0.25) is 0 Å². The summed E-state index contributed by atoms with van der Waals surface area (Å²) < 4.78 is 0. The van der Waals surface area contributed by atoms with Crippen LogP contribution in [0.25, 0.3) is 0 Å².